The largest absolute Gasteiger partial charge is 0.460 e. The summed E-state index contributed by atoms with van der Waals surface area (Å²) in [6.45, 7) is 6.53. The number of aromatic nitrogens is 2. The molecule has 5 aromatic rings. The molecule has 0 unspecified atom stereocenters. The summed E-state index contributed by atoms with van der Waals surface area (Å²) in [5.74, 6) is -158. The van der Waals surface area contributed by atoms with Crippen molar-refractivity contribution < 1.29 is 233 Å². The fraction of sp³-hybridized carbons (Fsp3) is 0.609. The number of aryl methyl sites for hydroxylation is 2. The average molecular weight is 2030 g/mol. The van der Waals surface area contributed by atoms with E-state index in [-0.39, 0.29) is 0 Å². The summed E-state index contributed by atoms with van der Waals surface area (Å²) in [5.41, 5.74) is -2.01. The van der Waals surface area contributed by atoms with E-state index < -0.39 is 274 Å². The Morgan fingerprint density at radius 3 is 0.477 bits per heavy atom. The minimum absolute atomic E-state index is 0.483. The van der Waals surface area contributed by atoms with Crippen molar-refractivity contribution in [1.29, 1.82) is 0 Å². The topological polar surface area (TPSA) is 8.81 Å². The van der Waals surface area contributed by atoms with Crippen LogP contribution >= 0.6 is 0 Å². The maximum absolute atomic E-state index is 15.4. The Balaban J connectivity index is 0.00000466. The van der Waals surface area contributed by atoms with E-state index in [4.69, 9.17) is 0 Å². The van der Waals surface area contributed by atoms with Gasteiger partial charge in [0.05, 0.1) is 46.4 Å². The zero-order valence-corrected chi connectivity index (χ0v) is 69.8. The van der Waals surface area contributed by atoms with Gasteiger partial charge in [-0.25, -0.2) is 9.13 Å². The molecule has 5 rings (SSSR count). The molecule has 0 aliphatic rings. The molecule has 0 aliphatic carbocycles. The Hall–Kier alpha value is -6.62. The van der Waals surface area contributed by atoms with Gasteiger partial charge in [-0.2, -0.15) is 250 Å². The fourth-order valence-electron chi connectivity index (χ4n) is 12.9. The molecular formula is C69H65BF52N2Si4. The van der Waals surface area contributed by atoms with E-state index in [9.17, 15) is 193 Å². The number of alkyl halides is 52. The molecule has 0 aliphatic heterocycles. The molecule has 59 heteroatoms. The predicted molar refractivity (Wildman–Crippen MR) is 366 cm³/mol. The van der Waals surface area contributed by atoms with Gasteiger partial charge >= 0.3 is 143 Å². The second-order valence-electron chi connectivity index (χ2n) is 32.6. The Kier molecular flexibility index (Phi) is 30.3. The van der Waals surface area contributed by atoms with Gasteiger partial charge in [0.25, 0.3) is 0 Å². The minimum atomic E-state index is -8.39. The van der Waals surface area contributed by atoms with Gasteiger partial charge in [0.15, 0.2) is 0 Å². The lowest BCUT2D eigenvalue weighted by molar-refractivity contribution is -0.670. The lowest BCUT2D eigenvalue weighted by Gasteiger charge is -2.45. The summed E-state index contributed by atoms with van der Waals surface area (Å²) >= 11 is 0. The van der Waals surface area contributed by atoms with E-state index in [0.717, 1.165) is 149 Å². The highest BCUT2D eigenvalue weighted by atomic mass is 28.3. The van der Waals surface area contributed by atoms with Crippen LogP contribution in [0.15, 0.2) is 116 Å². The van der Waals surface area contributed by atoms with Gasteiger partial charge in [0, 0.05) is 25.7 Å². The Bertz CT molecular complexity index is 4040. The Labute approximate surface area is 692 Å². The van der Waals surface area contributed by atoms with Crippen molar-refractivity contribution in [2.24, 2.45) is 14.1 Å². The van der Waals surface area contributed by atoms with Gasteiger partial charge in [-0.15, -0.1) is 0 Å². The van der Waals surface area contributed by atoms with Crippen LogP contribution in [0.3, 0.4) is 0 Å². The van der Waals surface area contributed by atoms with Crippen molar-refractivity contribution in [2.45, 2.75) is 245 Å². The summed E-state index contributed by atoms with van der Waals surface area (Å²) < 4.78 is 741. The predicted octanol–water partition coefficient (Wildman–Crippen LogP) is 23.1. The first-order chi connectivity index (χ1) is 56.0. The molecule has 0 bridgehead atoms. The summed E-state index contributed by atoms with van der Waals surface area (Å²) in [5, 5.41) is -1.93. The Morgan fingerprint density at radius 1 is 0.227 bits per heavy atom. The lowest BCUT2D eigenvalue weighted by atomic mass is 9.13. The van der Waals surface area contributed by atoms with Crippen LogP contribution in [0.5, 0.6) is 0 Å². The van der Waals surface area contributed by atoms with Crippen molar-refractivity contribution in [3.05, 3.63) is 116 Å². The van der Waals surface area contributed by atoms with E-state index in [2.05, 4.69) is 0 Å². The number of hydrogen-bond acceptors (Lipinski definition) is 0. The van der Waals surface area contributed by atoms with E-state index in [0.29, 0.717) is 0 Å². The highest BCUT2D eigenvalue weighted by Gasteiger charge is 2.95. The third kappa shape index (κ3) is 18.8. The summed E-state index contributed by atoms with van der Waals surface area (Å²) in [4.78, 5) is 0. The second-order valence-corrected chi connectivity index (χ2v) is 52.0. The van der Waals surface area contributed by atoms with Crippen LogP contribution in [-0.4, -0.2) is 186 Å². The standard InChI is InChI=1S/C64H56BF52Si4.C5H9N2/c1-118(2,29-25-41(66,67)45(74,75)49(82,83)53(90,91)57(98,99)61(106,107)108)37-17-9-33(10-18-37)65(34-11-19-38(20-12-34)119(3,4)30-26-42(68,69)46(76,77)50(84,85)54(92,93)58(100,101)62(109,110)111,35-13-21-39(22-14-35)120(5,6)31-27-43(70,71)47(78,79)51(86,87)55(94,95)59(102,103)63(112,113)114)36-15-23-40(24-16-36)121(7,8)32-28-44(72,73)48(80,81)52(88,89)56(96,97)60(104,105)64(115,116)117;1-6-3-4-7(2)5-6/h9-24H,25-32H2,1-8H3;3-5H,1-2H3/q-1;+1. The van der Waals surface area contributed by atoms with Gasteiger partial charge < -0.3 is 0 Å². The van der Waals surface area contributed by atoms with Gasteiger partial charge in [-0.1, -0.05) is 170 Å². The molecule has 128 heavy (non-hydrogen) atoms. The van der Waals surface area contributed by atoms with Crippen molar-refractivity contribution in [2.75, 3.05) is 0 Å². The van der Waals surface area contributed by atoms with Crippen LogP contribution in [0.25, 0.3) is 0 Å². The number of rotatable bonds is 36. The monoisotopic (exact) mass is 2030 g/mol. The van der Waals surface area contributed by atoms with E-state index in [1.54, 1.807) is 0 Å². The van der Waals surface area contributed by atoms with Crippen LogP contribution in [0.1, 0.15) is 25.7 Å². The van der Waals surface area contributed by atoms with E-state index in [1.165, 1.54) is 0 Å². The number of nitrogens with zero attached hydrogens (tertiary/aromatic N) is 2. The first-order valence-electron chi connectivity index (χ1n) is 35.4. The molecule has 0 atom stereocenters. The second kappa shape index (κ2) is 34.1. The van der Waals surface area contributed by atoms with Crippen molar-refractivity contribution in [3.8, 4) is 0 Å². The first-order valence-corrected chi connectivity index (χ1v) is 48.2. The van der Waals surface area contributed by atoms with Crippen LogP contribution in [0.4, 0.5) is 228 Å². The Morgan fingerprint density at radius 2 is 0.367 bits per heavy atom. The molecule has 0 spiro atoms. The molecule has 0 saturated carbocycles. The highest BCUT2D eigenvalue weighted by Crippen LogP contribution is 2.66. The lowest BCUT2D eigenvalue weighted by Crippen LogP contribution is -2.75. The van der Waals surface area contributed by atoms with Gasteiger partial charge in [-0.3, -0.25) is 0 Å². The molecule has 0 amide bonds. The van der Waals surface area contributed by atoms with Crippen molar-refractivity contribution >= 4 is 81.0 Å². The molecule has 1 heterocycles. The zero-order chi connectivity index (χ0) is 101. The first kappa shape index (κ1) is 114. The van der Waals surface area contributed by atoms with Crippen LogP contribution in [0, 0.1) is 0 Å². The van der Waals surface area contributed by atoms with E-state index >= 15 is 35.1 Å². The minimum Gasteiger partial charge on any atom is -0.240 e. The summed E-state index contributed by atoms with van der Waals surface area (Å²) in [7, 11) is -13.5. The smallest absolute Gasteiger partial charge is 0.240 e. The van der Waals surface area contributed by atoms with Crippen LogP contribution < -0.4 is 47.2 Å². The fourth-order valence-corrected chi connectivity index (χ4v) is 22.1. The number of halogens is 52. The summed E-state index contributed by atoms with van der Waals surface area (Å²) in [6.07, 6.45) is -40.6. The normalized spacial score (nSPS) is 15.7. The number of imidazole rings is 1. The van der Waals surface area contributed by atoms with Crippen molar-refractivity contribution in [1.82, 2.24) is 4.57 Å². The molecule has 0 fully saturated rings. The van der Waals surface area contributed by atoms with Gasteiger partial charge in [0.2, 0.25) is 6.33 Å². The number of benzene rings is 4. The molecular weight excluding hydrogens is 1970 g/mol. The molecule has 734 valence electrons. The zero-order valence-electron chi connectivity index (χ0n) is 65.8. The molecule has 0 radical (unpaired) electrons. The van der Waals surface area contributed by atoms with Crippen molar-refractivity contribution in [3.63, 3.8) is 0 Å². The maximum Gasteiger partial charge on any atom is 0.460 e. The van der Waals surface area contributed by atoms with Gasteiger partial charge in [0.1, 0.15) is 18.5 Å². The third-order valence-corrected chi connectivity index (χ3v) is 35.5. The van der Waals surface area contributed by atoms with E-state index in [1.807, 2.05) is 42.0 Å². The average Bonchev–Trinajstić information content (AvgIpc) is 0.770. The van der Waals surface area contributed by atoms with Crippen LogP contribution in [-0.2, 0) is 14.1 Å². The maximum atomic E-state index is 15.4. The third-order valence-electron chi connectivity index (χ3n) is 21.9. The summed E-state index contributed by atoms with van der Waals surface area (Å²) in [6, 6.07) is 5.43. The molecule has 2 nitrogen and oxygen atoms in total. The molecule has 0 N–H and O–H groups in total. The molecule has 4 aromatic carbocycles. The molecule has 1 aromatic heterocycles. The molecule has 0 saturated heterocycles. The quantitative estimate of drug-likeness (QED) is 0.0215. The SMILES string of the molecule is C[Si](C)(CCC(F)(F)C(F)(F)C(F)(F)C(F)(F)C(F)(F)C(F)(F)F)c1ccc([B-](c2ccc([Si](C)(C)CCC(F)(F)C(F)(F)C(F)(F)C(F)(F)C(F)(F)C(F)(F)F)cc2)(c2ccc([Si](C)(C)CCC(F)(F)C(F)(F)C(F)(F)C(F)(F)C(F)(F)C(F)(F)F)cc2)c2ccc([Si](C)(C)CCC(F)(F)C(F)(F)C(F)(F)C(F)(F)C(F)(F)C(F)(F)F)cc2)cc1.Cn1cc[n+](C)c1. The number of hydrogen-bond donors (Lipinski definition) is 0. The highest BCUT2D eigenvalue weighted by molar-refractivity contribution is 7.20. The van der Waals surface area contributed by atoms with Gasteiger partial charge in [-0.05, 0) is 24.2 Å². The van der Waals surface area contributed by atoms with Crippen LogP contribution in [0.2, 0.25) is 76.6 Å².